The first-order chi connectivity index (χ1) is 32.8. The Hall–Kier alpha value is -4.69. The summed E-state index contributed by atoms with van der Waals surface area (Å²) in [5.41, 5.74) is 3.96. The van der Waals surface area contributed by atoms with E-state index < -0.39 is 49.2 Å². The molecule has 2 aromatic heterocycles. The molecule has 0 spiro atoms. The third-order valence-corrected chi connectivity index (χ3v) is 21.8. The number of hydrogen-bond acceptors (Lipinski definition) is 11. The van der Waals surface area contributed by atoms with Crippen molar-refractivity contribution in [3.05, 3.63) is 47.7 Å². The lowest BCUT2D eigenvalue weighted by molar-refractivity contribution is -0.173. The van der Waals surface area contributed by atoms with Gasteiger partial charge in [-0.3, -0.25) is 14.8 Å². The van der Waals surface area contributed by atoms with Crippen molar-refractivity contribution in [1.29, 1.82) is 0 Å². The van der Waals surface area contributed by atoms with Crippen LogP contribution < -0.4 is 14.4 Å². The Morgan fingerprint density at radius 3 is 2.32 bits per heavy atom. The van der Waals surface area contributed by atoms with Crippen molar-refractivity contribution in [3.63, 3.8) is 0 Å². The molecular weight excluding hydrogens is 902 g/mol. The fourth-order valence-electron chi connectivity index (χ4n) is 12.0. The fourth-order valence-corrected chi connectivity index (χ4v) is 17.2. The number of aromatic nitrogens is 3. The lowest BCUT2D eigenvalue weighted by atomic mass is 9.95. The summed E-state index contributed by atoms with van der Waals surface area (Å²) in [5, 5.41) is 1.34. The van der Waals surface area contributed by atoms with Gasteiger partial charge in [0.2, 0.25) is 6.29 Å². The Kier molecular flexibility index (Phi) is 13.7. The Labute approximate surface area is 406 Å². The van der Waals surface area contributed by atoms with Crippen molar-refractivity contribution in [2.45, 2.75) is 160 Å². The Morgan fingerprint density at radius 1 is 0.957 bits per heavy atom. The molecule has 2 aromatic carbocycles. The molecule has 9 rings (SSSR count). The van der Waals surface area contributed by atoms with E-state index in [1.807, 2.05) is 25.7 Å². The van der Waals surface area contributed by atoms with Gasteiger partial charge in [0.05, 0.1) is 34.7 Å². The van der Waals surface area contributed by atoms with Crippen LogP contribution in [0.5, 0.6) is 11.8 Å². The van der Waals surface area contributed by atoms with Crippen molar-refractivity contribution >= 4 is 41.7 Å². The third kappa shape index (κ3) is 9.38. The zero-order chi connectivity index (χ0) is 49.2. The number of ether oxygens (including phenoxy) is 5. The second-order valence-corrected chi connectivity index (χ2v) is 27.8. The number of piperazine rings is 1. The maximum Gasteiger partial charge on any atom is 0.412 e. The number of pyridine rings is 1. The van der Waals surface area contributed by atoms with Gasteiger partial charge in [-0.25, -0.2) is 18.0 Å². The van der Waals surface area contributed by atoms with Gasteiger partial charge in [-0.05, 0) is 85.3 Å². The summed E-state index contributed by atoms with van der Waals surface area (Å²) in [6.45, 7) is 21.2. The summed E-state index contributed by atoms with van der Waals surface area (Å²) < 4.78 is 79.4. The van der Waals surface area contributed by atoms with Crippen molar-refractivity contribution in [1.82, 2.24) is 24.8 Å². The highest BCUT2D eigenvalue weighted by molar-refractivity contribution is 6.90. The van der Waals surface area contributed by atoms with E-state index in [1.54, 1.807) is 24.4 Å². The lowest BCUT2D eigenvalue weighted by Crippen LogP contribution is -2.57. The molecule has 0 N–H and O–H groups in total. The number of anilines is 1. The van der Waals surface area contributed by atoms with Crippen LogP contribution in [-0.4, -0.2) is 122 Å². The van der Waals surface area contributed by atoms with Gasteiger partial charge in [-0.1, -0.05) is 74.3 Å². The molecule has 5 fully saturated rings. The SMILES string of the molecule is COCOc1cc(-c2ncc3c(N4CC5CCC(C4)N5C(=O)OC(OC4CC4)C(C)(C)C)nc(OC[C@@]45CCCN4C[C@H](F)C5)nc3c2F)c2c(C#C[Si](C(C)C)(C(C)C)C(C)C)c(F)ccc2c1. The number of fused-ring (bicyclic) bond motifs is 5. The molecule has 5 atom stereocenters. The van der Waals surface area contributed by atoms with E-state index in [4.69, 9.17) is 38.6 Å². The average molecular weight is 971 g/mol. The van der Waals surface area contributed by atoms with Crippen LogP contribution in [-0.2, 0) is 14.2 Å². The quantitative estimate of drug-likeness (QED) is 0.0684. The minimum absolute atomic E-state index is 0.0405. The van der Waals surface area contributed by atoms with Crippen molar-refractivity contribution < 1.29 is 41.7 Å². The highest BCUT2D eigenvalue weighted by Gasteiger charge is 2.50. The minimum atomic E-state index is -2.34. The molecule has 1 amide bonds. The number of nitrogens with zero attached hydrogens (tertiary/aromatic N) is 6. The topological polar surface area (TPSA) is 112 Å². The van der Waals surface area contributed by atoms with Crippen LogP contribution in [0, 0.1) is 28.5 Å². The monoisotopic (exact) mass is 970 g/mol. The van der Waals surface area contributed by atoms with E-state index in [9.17, 15) is 9.18 Å². The first-order valence-electron chi connectivity index (χ1n) is 25.0. The fraction of sp³-hybridized carbons (Fsp3) is 0.623. The summed E-state index contributed by atoms with van der Waals surface area (Å²) >= 11 is 0. The van der Waals surface area contributed by atoms with E-state index >= 15 is 8.78 Å². The summed E-state index contributed by atoms with van der Waals surface area (Å²) in [5.74, 6) is 2.85. The van der Waals surface area contributed by atoms with Crippen molar-refractivity contribution in [2.75, 3.05) is 51.6 Å². The summed E-state index contributed by atoms with van der Waals surface area (Å²) in [6.07, 6.45) is 5.03. The second-order valence-electron chi connectivity index (χ2n) is 22.2. The molecule has 6 heterocycles. The minimum Gasteiger partial charge on any atom is -0.468 e. The largest absolute Gasteiger partial charge is 0.468 e. The number of rotatable bonds is 14. The van der Waals surface area contributed by atoms with Crippen LogP contribution in [0.25, 0.3) is 32.9 Å². The predicted molar refractivity (Wildman–Crippen MR) is 264 cm³/mol. The number of carbonyl (C=O) groups excluding carboxylic acids is 1. The van der Waals surface area contributed by atoms with Gasteiger partial charge in [-0.15, -0.1) is 5.54 Å². The standard InChI is InChI=1S/C53H69F3N6O6Si/c1-31(2)69(32(3)4,33(5)6)21-18-40-43(55)17-12-34-22-39(66-30-64-10)23-41(44(34)40)46-45(56)47-42(25-57-46)48(59-50(58-47)65-29-53-19-11-20-61(53)26-35(54)24-53)60-27-36-13-14-37(28-60)62(36)51(63)68-49(52(7,8)9)67-38-15-16-38/h12,17,22-23,25,31-33,35-38,49H,11,13-16,19-20,24,26-30H2,1-10H3/t35-,36?,37?,49?,53+/m1/s1. The van der Waals surface area contributed by atoms with Gasteiger partial charge in [0, 0.05) is 55.7 Å². The molecule has 4 aliphatic heterocycles. The molecule has 12 nitrogen and oxygen atoms in total. The smallest absolute Gasteiger partial charge is 0.412 e. The molecule has 0 radical (unpaired) electrons. The van der Waals surface area contributed by atoms with Crippen molar-refractivity contribution in [2.24, 2.45) is 5.41 Å². The number of amides is 1. The molecule has 16 heteroatoms. The maximum atomic E-state index is 18.0. The molecule has 2 bridgehead atoms. The van der Waals surface area contributed by atoms with Crippen LogP contribution in [0.3, 0.4) is 0 Å². The van der Waals surface area contributed by atoms with Gasteiger partial charge in [0.1, 0.15) is 49.4 Å². The number of hydrogen-bond donors (Lipinski definition) is 0. The zero-order valence-corrected chi connectivity index (χ0v) is 43.0. The first-order valence-corrected chi connectivity index (χ1v) is 27.3. The Bertz CT molecular complexity index is 2610. The van der Waals surface area contributed by atoms with Crippen LogP contribution >= 0.6 is 0 Å². The molecule has 69 heavy (non-hydrogen) atoms. The number of methoxy groups -OCH3 is 1. The summed E-state index contributed by atoms with van der Waals surface area (Å²) in [6, 6.07) is 5.99. The van der Waals surface area contributed by atoms with E-state index in [1.165, 1.54) is 13.2 Å². The second kappa shape index (κ2) is 19.1. The predicted octanol–water partition coefficient (Wildman–Crippen LogP) is 11.0. The van der Waals surface area contributed by atoms with E-state index in [-0.39, 0.29) is 59.9 Å². The van der Waals surface area contributed by atoms with E-state index in [0.29, 0.717) is 70.4 Å². The van der Waals surface area contributed by atoms with Crippen LogP contribution in [0.1, 0.15) is 113 Å². The molecular formula is C53H69F3N6O6Si. The molecule has 5 aliphatic rings. The van der Waals surface area contributed by atoms with Gasteiger partial charge in [0.25, 0.3) is 0 Å². The normalized spacial score (nSPS) is 23.3. The van der Waals surface area contributed by atoms with Crippen molar-refractivity contribution in [3.8, 4) is 34.5 Å². The highest BCUT2D eigenvalue weighted by Crippen LogP contribution is 2.45. The molecule has 4 aromatic rings. The summed E-state index contributed by atoms with van der Waals surface area (Å²) in [7, 11) is -0.829. The molecule has 3 unspecified atom stereocenters. The maximum absolute atomic E-state index is 18.0. The lowest BCUT2D eigenvalue weighted by Gasteiger charge is -2.42. The van der Waals surface area contributed by atoms with Crippen LogP contribution in [0.2, 0.25) is 16.6 Å². The number of halogens is 3. The summed E-state index contributed by atoms with van der Waals surface area (Å²) in [4.78, 5) is 34.6. The van der Waals surface area contributed by atoms with Gasteiger partial charge in [-0.2, -0.15) is 9.97 Å². The Balaban J connectivity index is 1.15. The number of benzene rings is 2. The van der Waals surface area contributed by atoms with Crippen LogP contribution in [0.15, 0.2) is 30.5 Å². The molecule has 372 valence electrons. The average Bonchev–Trinajstić information content (AvgIpc) is 3.87. The number of carbonyl (C=O) groups is 1. The van der Waals surface area contributed by atoms with Gasteiger partial charge < -0.3 is 28.6 Å². The molecule has 4 saturated heterocycles. The van der Waals surface area contributed by atoms with E-state index in [2.05, 4.69) is 62.8 Å². The molecule has 1 saturated carbocycles. The Morgan fingerprint density at radius 2 is 1.67 bits per heavy atom. The van der Waals surface area contributed by atoms with E-state index in [0.717, 1.165) is 45.1 Å². The first kappa shape index (κ1) is 49.3. The van der Waals surface area contributed by atoms with Crippen LogP contribution in [0.4, 0.5) is 23.8 Å². The molecule has 1 aliphatic carbocycles. The zero-order valence-electron chi connectivity index (χ0n) is 42.0. The van der Waals surface area contributed by atoms with Gasteiger partial charge >= 0.3 is 12.1 Å². The third-order valence-electron chi connectivity index (χ3n) is 15.5. The highest BCUT2D eigenvalue weighted by atomic mass is 28.3. The number of alkyl halides is 1. The van der Waals surface area contributed by atoms with Gasteiger partial charge in [0.15, 0.2) is 12.6 Å².